The van der Waals surface area contributed by atoms with Gasteiger partial charge in [0.2, 0.25) is 11.8 Å². The Bertz CT molecular complexity index is 1150. The van der Waals surface area contributed by atoms with Crippen LogP contribution in [0.5, 0.6) is 0 Å². The second-order valence-corrected chi connectivity index (χ2v) is 9.08. The monoisotopic (exact) mass is 366 g/mol. The van der Waals surface area contributed by atoms with Crippen LogP contribution in [-0.2, 0) is 19.6 Å². The van der Waals surface area contributed by atoms with Gasteiger partial charge in [0.05, 0.1) is 28.1 Å². The minimum atomic E-state index is -3.60. The van der Waals surface area contributed by atoms with Gasteiger partial charge < -0.3 is 0 Å². The fraction of sp³-hybridized carbons (Fsp3) is 0.263. The van der Waals surface area contributed by atoms with E-state index in [9.17, 15) is 18.0 Å². The summed E-state index contributed by atoms with van der Waals surface area (Å²) in [4.78, 5) is 27.6. The highest BCUT2D eigenvalue weighted by Gasteiger charge is 2.59. The van der Waals surface area contributed by atoms with E-state index in [-0.39, 0.29) is 40.4 Å². The van der Waals surface area contributed by atoms with Crippen molar-refractivity contribution in [3.8, 4) is 0 Å². The van der Waals surface area contributed by atoms with Crippen molar-refractivity contribution in [2.24, 2.45) is 23.7 Å². The Morgan fingerprint density at radius 3 is 2.35 bits per heavy atom. The van der Waals surface area contributed by atoms with E-state index in [1.165, 1.54) is 11.0 Å². The smallest absolute Gasteiger partial charge is 0.262 e. The average Bonchev–Trinajstić information content (AvgIpc) is 3.34. The third-order valence-corrected chi connectivity index (χ3v) is 7.63. The predicted molar refractivity (Wildman–Crippen MR) is 95.0 cm³/mol. The van der Waals surface area contributed by atoms with Crippen molar-refractivity contribution in [1.29, 1.82) is 0 Å². The molecule has 7 heteroatoms. The van der Waals surface area contributed by atoms with Gasteiger partial charge in [-0.2, -0.15) is 0 Å². The van der Waals surface area contributed by atoms with Crippen molar-refractivity contribution < 1.29 is 18.0 Å². The number of allylic oxidation sites excluding steroid dienone is 2. The SMILES string of the molecule is O=C1[C@@H]2C3C=CC(C3)[C@@H]2C(=O)N1c1ccc2c3c(cccc13)S(=O)(=O)N2. The van der Waals surface area contributed by atoms with Crippen molar-refractivity contribution in [3.63, 3.8) is 0 Å². The zero-order valence-corrected chi connectivity index (χ0v) is 14.4. The predicted octanol–water partition coefficient (Wildman–Crippen LogP) is 2.27. The Kier molecular flexibility index (Phi) is 2.42. The van der Waals surface area contributed by atoms with Crippen LogP contribution in [0.1, 0.15) is 6.42 Å². The molecule has 0 aromatic heterocycles. The molecule has 2 aromatic rings. The molecule has 2 amide bonds. The van der Waals surface area contributed by atoms with E-state index in [0.717, 1.165) is 6.42 Å². The molecule has 4 aliphatic rings. The lowest BCUT2D eigenvalue weighted by Crippen LogP contribution is -2.33. The largest absolute Gasteiger partial charge is 0.279 e. The van der Waals surface area contributed by atoms with Crippen LogP contribution in [0.25, 0.3) is 10.8 Å². The molecular weight excluding hydrogens is 352 g/mol. The van der Waals surface area contributed by atoms with Gasteiger partial charge in [-0.25, -0.2) is 13.3 Å². The van der Waals surface area contributed by atoms with Crippen molar-refractivity contribution in [2.45, 2.75) is 11.3 Å². The van der Waals surface area contributed by atoms with Crippen LogP contribution in [0.2, 0.25) is 0 Å². The van der Waals surface area contributed by atoms with Crippen LogP contribution < -0.4 is 9.62 Å². The van der Waals surface area contributed by atoms with E-state index < -0.39 is 10.0 Å². The first-order valence-electron chi connectivity index (χ1n) is 8.62. The molecule has 2 fully saturated rings. The zero-order chi connectivity index (χ0) is 17.8. The summed E-state index contributed by atoms with van der Waals surface area (Å²) in [6.45, 7) is 0. The Balaban J connectivity index is 1.57. The highest BCUT2D eigenvalue weighted by molar-refractivity contribution is 7.93. The van der Waals surface area contributed by atoms with Crippen LogP contribution >= 0.6 is 0 Å². The number of amides is 2. The van der Waals surface area contributed by atoms with Gasteiger partial charge in [-0.05, 0) is 36.5 Å². The van der Waals surface area contributed by atoms with E-state index in [0.29, 0.717) is 22.1 Å². The van der Waals surface area contributed by atoms with Crippen LogP contribution in [0, 0.1) is 23.7 Å². The molecule has 4 atom stereocenters. The Morgan fingerprint density at radius 1 is 0.962 bits per heavy atom. The Hall–Kier alpha value is -2.67. The quantitative estimate of drug-likeness (QED) is 0.620. The molecule has 2 unspecified atom stereocenters. The number of imide groups is 1. The van der Waals surface area contributed by atoms with Gasteiger partial charge in [0.25, 0.3) is 10.0 Å². The van der Waals surface area contributed by atoms with Crippen LogP contribution in [0.15, 0.2) is 47.4 Å². The molecule has 2 aliphatic carbocycles. The third kappa shape index (κ3) is 1.51. The van der Waals surface area contributed by atoms with E-state index in [4.69, 9.17) is 0 Å². The Morgan fingerprint density at radius 2 is 1.65 bits per heavy atom. The first kappa shape index (κ1) is 14.5. The number of carbonyl (C=O) groups excluding carboxylic acids is 2. The number of rotatable bonds is 1. The molecule has 0 radical (unpaired) electrons. The van der Waals surface area contributed by atoms with Crippen molar-refractivity contribution in [2.75, 3.05) is 9.62 Å². The molecule has 2 aliphatic heterocycles. The number of hydrogen-bond donors (Lipinski definition) is 1. The lowest BCUT2D eigenvalue weighted by Gasteiger charge is -2.19. The highest BCUT2D eigenvalue weighted by Crippen LogP contribution is 2.54. The normalized spacial score (nSPS) is 32.5. The van der Waals surface area contributed by atoms with Gasteiger partial charge in [-0.15, -0.1) is 0 Å². The van der Waals surface area contributed by atoms with E-state index in [1.807, 2.05) is 0 Å². The lowest BCUT2D eigenvalue weighted by atomic mass is 9.85. The molecule has 1 saturated carbocycles. The molecule has 1 N–H and O–H groups in total. The first-order valence-corrected chi connectivity index (χ1v) is 10.1. The number of hydrogen-bond acceptors (Lipinski definition) is 4. The summed E-state index contributed by atoms with van der Waals surface area (Å²) in [5.74, 6) is -0.585. The van der Waals surface area contributed by atoms with Gasteiger partial charge >= 0.3 is 0 Å². The van der Waals surface area contributed by atoms with Gasteiger partial charge in [-0.3, -0.25) is 14.3 Å². The van der Waals surface area contributed by atoms with Gasteiger partial charge in [0.1, 0.15) is 0 Å². The fourth-order valence-electron chi connectivity index (χ4n) is 5.20. The van der Waals surface area contributed by atoms with Crippen LogP contribution in [0.4, 0.5) is 11.4 Å². The molecule has 6 nitrogen and oxygen atoms in total. The summed E-state index contributed by atoms with van der Waals surface area (Å²) in [6, 6.07) is 8.25. The maximum atomic E-state index is 13.1. The number of anilines is 2. The second kappa shape index (κ2) is 4.35. The van der Waals surface area contributed by atoms with Crippen molar-refractivity contribution in [1.82, 2.24) is 0 Å². The summed E-state index contributed by atoms with van der Waals surface area (Å²) in [5.41, 5.74) is 0.966. The summed E-state index contributed by atoms with van der Waals surface area (Å²) in [7, 11) is -3.60. The molecule has 2 aromatic carbocycles. The van der Waals surface area contributed by atoms with Crippen molar-refractivity contribution in [3.05, 3.63) is 42.5 Å². The third-order valence-electron chi connectivity index (χ3n) is 6.22. The Labute approximate surface area is 149 Å². The fourth-order valence-corrected chi connectivity index (χ4v) is 6.52. The number of sulfonamides is 1. The van der Waals surface area contributed by atoms with Gasteiger partial charge in [0, 0.05) is 10.8 Å². The van der Waals surface area contributed by atoms with Gasteiger partial charge in [-0.1, -0.05) is 24.3 Å². The summed E-state index contributed by atoms with van der Waals surface area (Å²) < 4.78 is 27.1. The molecule has 6 rings (SSSR count). The minimum Gasteiger partial charge on any atom is -0.279 e. The molecule has 0 spiro atoms. The number of benzene rings is 2. The molecule has 2 heterocycles. The number of carbonyl (C=O) groups is 2. The molecule has 2 bridgehead atoms. The maximum absolute atomic E-state index is 13.1. The molecule has 1 saturated heterocycles. The standard InChI is InChI=1S/C19H14N2O4S/c22-18-15-9-4-5-10(8-9)16(15)19(23)21(18)13-7-6-12-17-11(13)2-1-3-14(17)26(24,25)20-12/h1-7,9-10,15-16,20H,8H2/t9?,10?,15-,16+. The van der Waals surface area contributed by atoms with E-state index in [2.05, 4.69) is 16.9 Å². The summed E-state index contributed by atoms with van der Waals surface area (Å²) >= 11 is 0. The summed E-state index contributed by atoms with van der Waals surface area (Å²) in [6.07, 6.45) is 5.00. The number of nitrogens with zero attached hydrogens (tertiary/aromatic N) is 1. The van der Waals surface area contributed by atoms with E-state index >= 15 is 0 Å². The van der Waals surface area contributed by atoms with Gasteiger partial charge in [0.15, 0.2) is 0 Å². The molecule has 26 heavy (non-hydrogen) atoms. The number of nitrogens with one attached hydrogen (secondary N) is 1. The minimum absolute atomic E-state index is 0.144. The second-order valence-electron chi connectivity index (χ2n) is 7.43. The number of fused-ring (bicyclic) bond motifs is 5. The average molecular weight is 366 g/mol. The van der Waals surface area contributed by atoms with Crippen LogP contribution in [-0.4, -0.2) is 20.2 Å². The zero-order valence-electron chi connectivity index (χ0n) is 13.5. The topological polar surface area (TPSA) is 83.6 Å². The van der Waals surface area contributed by atoms with E-state index in [1.54, 1.807) is 24.3 Å². The molecule has 130 valence electrons. The summed E-state index contributed by atoms with van der Waals surface area (Å²) in [5, 5.41) is 1.15. The first-order chi connectivity index (χ1) is 12.5. The van der Waals surface area contributed by atoms with Crippen molar-refractivity contribution >= 4 is 44.0 Å². The lowest BCUT2D eigenvalue weighted by molar-refractivity contribution is -0.123. The molecular formula is C19H14N2O4S. The van der Waals surface area contributed by atoms with Crippen LogP contribution in [0.3, 0.4) is 0 Å². The highest BCUT2D eigenvalue weighted by atomic mass is 32.2. The maximum Gasteiger partial charge on any atom is 0.262 e.